The van der Waals surface area contributed by atoms with Crippen LogP contribution < -0.4 is 16.2 Å². The Morgan fingerprint density at radius 3 is 1.92 bits per heavy atom. The number of carbonyl (C=O) groups is 2. The third-order valence-electron chi connectivity index (χ3n) is 5.06. The summed E-state index contributed by atoms with van der Waals surface area (Å²) in [6.45, 7) is 10.6. The number of hydrogen-bond donors (Lipinski definition) is 3. The molecule has 3 aromatic rings. The molecule has 0 aliphatic heterocycles. The molecule has 37 heavy (non-hydrogen) atoms. The summed E-state index contributed by atoms with van der Waals surface area (Å²) in [7, 11) is 0. The Morgan fingerprint density at radius 2 is 1.38 bits per heavy atom. The van der Waals surface area contributed by atoms with Crippen LogP contribution in [0.25, 0.3) is 5.69 Å². The van der Waals surface area contributed by atoms with Gasteiger partial charge >= 0.3 is 0 Å². The summed E-state index contributed by atoms with van der Waals surface area (Å²) < 4.78 is 1.14. The van der Waals surface area contributed by atoms with Crippen LogP contribution in [0.1, 0.15) is 41.5 Å². The van der Waals surface area contributed by atoms with Gasteiger partial charge in [0.15, 0.2) is 0 Å². The van der Waals surface area contributed by atoms with Gasteiger partial charge in [-0.15, -0.1) is 0 Å². The first-order valence-electron chi connectivity index (χ1n) is 11.1. The molecule has 3 N–H and O–H groups in total. The number of benzene rings is 2. The summed E-state index contributed by atoms with van der Waals surface area (Å²) in [5, 5.41) is 9.54. The van der Waals surface area contributed by atoms with E-state index in [1.54, 1.807) is 59.7 Å². The minimum atomic E-state index is -0.747. The molecule has 198 valence electrons. The molecule has 0 atom stereocenters. The van der Waals surface area contributed by atoms with Crippen LogP contribution in [-0.4, -0.2) is 21.6 Å². The molecule has 0 radical (unpaired) electrons. The largest absolute Gasteiger partial charge is 0.325 e. The number of amides is 2. The highest BCUT2D eigenvalue weighted by Crippen LogP contribution is 2.39. The van der Waals surface area contributed by atoms with E-state index in [1.807, 2.05) is 0 Å². The molecule has 1 heterocycles. The van der Waals surface area contributed by atoms with E-state index in [2.05, 4.69) is 15.7 Å². The fourth-order valence-corrected chi connectivity index (χ4v) is 5.03. The number of hydrogen-bond acceptors (Lipinski definition) is 4. The zero-order valence-corrected chi connectivity index (χ0v) is 24.8. The van der Waals surface area contributed by atoms with Crippen LogP contribution in [0.5, 0.6) is 0 Å². The van der Waals surface area contributed by atoms with E-state index >= 15 is 0 Å². The lowest BCUT2D eigenvalue weighted by Crippen LogP contribution is -2.28. The number of rotatable bonds is 5. The Labute approximate surface area is 239 Å². The lowest BCUT2D eigenvalue weighted by atomic mass is 9.95. The highest BCUT2D eigenvalue weighted by atomic mass is 35.5. The number of H-pyrrole nitrogens is 1. The normalized spacial score (nSPS) is 11.9. The molecule has 0 saturated heterocycles. The molecule has 12 heteroatoms. The van der Waals surface area contributed by atoms with Gasteiger partial charge < -0.3 is 10.6 Å². The van der Waals surface area contributed by atoms with Crippen LogP contribution >= 0.6 is 58.2 Å². The maximum atomic E-state index is 13.7. The van der Waals surface area contributed by atoms with Crippen LogP contribution in [0.3, 0.4) is 0 Å². The van der Waals surface area contributed by atoms with Crippen molar-refractivity contribution in [3.05, 3.63) is 60.8 Å². The Morgan fingerprint density at radius 1 is 0.838 bits per heavy atom. The minimum Gasteiger partial charge on any atom is -0.325 e. The van der Waals surface area contributed by atoms with Gasteiger partial charge in [-0.3, -0.25) is 19.5 Å². The number of halogens is 4. The monoisotopic (exact) mass is 602 g/mol. The van der Waals surface area contributed by atoms with Crippen molar-refractivity contribution >= 4 is 81.5 Å². The van der Waals surface area contributed by atoms with E-state index in [9.17, 15) is 14.4 Å². The number of aromatic nitrogens is 2. The molecule has 0 aliphatic rings. The summed E-state index contributed by atoms with van der Waals surface area (Å²) in [5.41, 5.74) is -1.35. The van der Waals surface area contributed by atoms with Crippen LogP contribution in [0, 0.1) is 10.8 Å². The van der Waals surface area contributed by atoms with E-state index in [-0.39, 0.29) is 38.3 Å². The van der Waals surface area contributed by atoms with Crippen molar-refractivity contribution in [2.75, 3.05) is 10.6 Å². The highest BCUT2D eigenvalue weighted by molar-refractivity contribution is 7.99. The van der Waals surface area contributed by atoms with Gasteiger partial charge in [-0.1, -0.05) is 99.7 Å². The van der Waals surface area contributed by atoms with E-state index in [1.165, 1.54) is 12.1 Å². The van der Waals surface area contributed by atoms with Gasteiger partial charge in [-0.05, 0) is 30.3 Å². The average Bonchev–Trinajstić information content (AvgIpc) is 3.03. The molecule has 3 rings (SSSR count). The van der Waals surface area contributed by atoms with Crippen LogP contribution in [0.15, 0.2) is 44.9 Å². The van der Waals surface area contributed by atoms with Crippen LogP contribution in [0.2, 0.25) is 20.1 Å². The standard InChI is InChI=1S/C25H26Cl4N4O3S/c1-24(2,3)22(35)30-16-11-12(26)7-8-17(16)37-19-20(31-23(36)25(4,5)6)32-33(21(19)34)18-14(28)9-13(27)10-15(18)29/h7-11,32H,1-6H3,(H,30,35)(H,31,36). The minimum absolute atomic E-state index is 0.135. The molecule has 7 nitrogen and oxygen atoms in total. The molecular formula is C25H26Cl4N4O3S. The van der Waals surface area contributed by atoms with Crippen LogP contribution in [0.4, 0.5) is 11.5 Å². The molecule has 0 saturated carbocycles. The van der Waals surface area contributed by atoms with E-state index in [4.69, 9.17) is 46.4 Å². The molecule has 1 aromatic heterocycles. The average molecular weight is 604 g/mol. The zero-order valence-electron chi connectivity index (χ0n) is 21.0. The number of aromatic amines is 1. The molecular weight excluding hydrogens is 578 g/mol. The predicted octanol–water partition coefficient (Wildman–Crippen LogP) is 7.90. The van der Waals surface area contributed by atoms with Crippen molar-refractivity contribution in [3.8, 4) is 5.69 Å². The third-order valence-corrected chi connectivity index (χ3v) is 7.24. The Balaban J connectivity index is 2.18. The van der Waals surface area contributed by atoms with Crippen LogP contribution in [-0.2, 0) is 9.59 Å². The maximum Gasteiger partial charge on any atom is 0.287 e. The predicted molar refractivity (Wildman–Crippen MR) is 153 cm³/mol. The maximum absolute atomic E-state index is 13.7. The molecule has 0 bridgehead atoms. The first-order valence-corrected chi connectivity index (χ1v) is 13.4. The van der Waals surface area contributed by atoms with Crippen molar-refractivity contribution in [2.24, 2.45) is 10.8 Å². The highest BCUT2D eigenvalue weighted by Gasteiger charge is 2.28. The second kappa shape index (κ2) is 10.9. The van der Waals surface area contributed by atoms with Gasteiger partial charge in [-0.2, -0.15) is 0 Å². The summed E-state index contributed by atoms with van der Waals surface area (Å²) >= 11 is 26.0. The van der Waals surface area contributed by atoms with Crippen molar-refractivity contribution in [3.63, 3.8) is 0 Å². The number of carbonyl (C=O) groups excluding carboxylic acids is 2. The summed E-state index contributed by atoms with van der Waals surface area (Å²) in [6, 6.07) is 7.83. The Kier molecular flexibility index (Phi) is 8.71. The fourth-order valence-electron chi connectivity index (χ4n) is 2.92. The number of nitrogens with zero attached hydrogens (tertiary/aromatic N) is 1. The Bertz CT molecular complexity index is 1410. The molecule has 0 fully saturated rings. The Hall–Kier alpha value is -2.10. The van der Waals surface area contributed by atoms with E-state index < -0.39 is 16.4 Å². The first-order chi connectivity index (χ1) is 17.0. The quantitative estimate of drug-likeness (QED) is 0.276. The second-order valence-corrected chi connectivity index (χ2v) is 13.1. The number of anilines is 2. The van der Waals surface area contributed by atoms with Gasteiger partial charge in [0.2, 0.25) is 11.8 Å². The summed E-state index contributed by atoms with van der Waals surface area (Å²) in [4.78, 5) is 39.9. The second-order valence-electron chi connectivity index (χ2n) is 10.3. The van der Waals surface area contributed by atoms with Crippen molar-refractivity contribution in [2.45, 2.75) is 51.3 Å². The van der Waals surface area contributed by atoms with Gasteiger partial charge in [-0.25, -0.2) is 4.68 Å². The van der Waals surface area contributed by atoms with Crippen molar-refractivity contribution in [1.82, 2.24) is 9.78 Å². The van der Waals surface area contributed by atoms with E-state index in [0.29, 0.717) is 20.6 Å². The molecule has 0 aliphatic carbocycles. The van der Waals surface area contributed by atoms with Crippen molar-refractivity contribution in [1.29, 1.82) is 0 Å². The fraction of sp³-hybridized carbons (Fsp3) is 0.320. The third kappa shape index (κ3) is 6.86. The SMILES string of the molecule is CC(C)(C)C(=O)Nc1cc(Cl)ccc1Sc1c(NC(=O)C(C)(C)C)[nH]n(-c2c(Cl)cc(Cl)cc2Cl)c1=O. The van der Waals surface area contributed by atoms with Crippen molar-refractivity contribution < 1.29 is 9.59 Å². The number of nitrogens with one attached hydrogen (secondary N) is 3. The van der Waals surface area contributed by atoms with E-state index in [0.717, 1.165) is 16.4 Å². The smallest absolute Gasteiger partial charge is 0.287 e. The van der Waals surface area contributed by atoms with Gasteiger partial charge in [0.25, 0.3) is 5.56 Å². The lowest BCUT2D eigenvalue weighted by molar-refractivity contribution is -0.123. The zero-order chi connectivity index (χ0) is 27.9. The summed E-state index contributed by atoms with van der Waals surface area (Å²) in [6.07, 6.45) is 0. The molecule has 0 spiro atoms. The lowest BCUT2D eigenvalue weighted by Gasteiger charge is -2.19. The molecule has 2 amide bonds. The van der Waals surface area contributed by atoms with Gasteiger partial charge in [0.1, 0.15) is 16.4 Å². The first kappa shape index (κ1) is 29.5. The topological polar surface area (TPSA) is 96.0 Å². The molecule has 2 aromatic carbocycles. The van der Waals surface area contributed by atoms with Gasteiger partial charge in [0, 0.05) is 25.8 Å². The summed E-state index contributed by atoms with van der Waals surface area (Å²) in [5.74, 6) is -0.419. The van der Waals surface area contributed by atoms with Gasteiger partial charge in [0.05, 0.1) is 15.7 Å². The molecule has 0 unspecified atom stereocenters.